The van der Waals surface area contributed by atoms with Gasteiger partial charge in [0, 0.05) is 24.2 Å². The molecule has 0 radical (unpaired) electrons. The minimum atomic E-state index is -0.0734. The van der Waals surface area contributed by atoms with Gasteiger partial charge in [-0.15, -0.1) is 0 Å². The summed E-state index contributed by atoms with van der Waals surface area (Å²) in [5, 5.41) is 0. The number of nitrogens with zero attached hydrogens (tertiary/aromatic N) is 1. The molecule has 2 saturated carbocycles. The van der Waals surface area contributed by atoms with E-state index in [0.29, 0.717) is 23.5 Å². The van der Waals surface area contributed by atoms with Crippen LogP contribution in [0.2, 0.25) is 0 Å². The number of ketones is 1. The Morgan fingerprint density at radius 2 is 2.08 bits per heavy atom. The second-order valence-corrected chi connectivity index (χ2v) is 9.06. The minimum absolute atomic E-state index is 0.0734. The summed E-state index contributed by atoms with van der Waals surface area (Å²) in [6.45, 7) is 6.99. The average molecular weight is 338 g/mol. The molecule has 5 atom stereocenters. The highest BCUT2D eigenvalue weighted by Crippen LogP contribution is 2.64. The van der Waals surface area contributed by atoms with Gasteiger partial charge in [-0.25, -0.2) is 0 Å². The van der Waals surface area contributed by atoms with Crippen LogP contribution in [0.25, 0.3) is 5.57 Å². The SMILES string of the molecule is CCC[C@@]1(C)C(=O)CC[C@@H]2[C@@H]1CC[C@]1(C)C(c3cccnc3)=CC[C@@H]21. The normalized spacial score (nSPS) is 40.4. The van der Waals surface area contributed by atoms with Crippen LogP contribution in [-0.2, 0) is 4.79 Å². The predicted octanol–water partition coefficient (Wildman–Crippen LogP) is 5.69. The maximum atomic E-state index is 12.8. The standard InChI is InChI=1S/C23H31NO/c1-4-12-23(3)20-11-13-22(2)18(16-6-5-14-24-15-16)8-9-19(22)17(20)7-10-21(23)25/h5-6,8,14-15,17,19-20H,4,7,9-13H2,1-3H3/t17-,19-,20-,22+,23+/m0/s1. The van der Waals surface area contributed by atoms with Gasteiger partial charge in [0.1, 0.15) is 5.78 Å². The molecule has 3 aliphatic carbocycles. The van der Waals surface area contributed by atoms with Crippen LogP contribution in [0.1, 0.15) is 71.3 Å². The number of carbonyl (C=O) groups excluding carboxylic acids is 1. The van der Waals surface area contributed by atoms with Crippen LogP contribution >= 0.6 is 0 Å². The fraction of sp³-hybridized carbons (Fsp3) is 0.652. The third-order valence-corrected chi connectivity index (χ3v) is 7.92. The van der Waals surface area contributed by atoms with E-state index in [1.54, 1.807) is 0 Å². The number of hydrogen-bond donors (Lipinski definition) is 0. The topological polar surface area (TPSA) is 30.0 Å². The average Bonchev–Trinajstić information content (AvgIpc) is 2.96. The fourth-order valence-corrected chi connectivity index (χ4v) is 6.65. The highest BCUT2D eigenvalue weighted by Gasteiger charge is 2.57. The van der Waals surface area contributed by atoms with Crippen molar-refractivity contribution in [1.29, 1.82) is 0 Å². The van der Waals surface area contributed by atoms with Gasteiger partial charge in [-0.2, -0.15) is 0 Å². The van der Waals surface area contributed by atoms with Gasteiger partial charge in [-0.3, -0.25) is 9.78 Å². The molecule has 0 unspecified atom stereocenters. The van der Waals surface area contributed by atoms with E-state index in [1.807, 2.05) is 12.4 Å². The number of aromatic nitrogens is 1. The second-order valence-electron chi connectivity index (χ2n) is 9.06. The maximum absolute atomic E-state index is 12.8. The molecule has 4 rings (SSSR count). The van der Waals surface area contributed by atoms with Crippen molar-refractivity contribution in [2.75, 3.05) is 0 Å². The monoisotopic (exact) mass is 337 g/mol. The zero-order chi connectivity index (χ0) is 17.7. The first-order chi connectivity index (χ1) is 12.0. The van der Waals surface area contributed by atoms with Crippen molar-refractivity contribution in [3.63, 3.8) is 0 Å². The summed E-state index contributed by atoms with van der Waals surface area (Å²) in [6.07, 6.45) is 14.1. The third kappa shape index (κ3) is 2.44. The van der Waals surface area contributed by atoms with Crippen molar-refractivity contribution in [2.24, 2.45) is 28.6 Å². The zero-order valence-corrected chi connectivity index (χ0v) is 15.9. The summed E-state index contributed by atoms with van der Waals surface area (Å²) >= 11 is 0. The largest absolute Gasteiger partial charge is 0.299 e. The molecule has 3 aliphatic rings. The van der Waals surface area contributed by atoms with Gasteiger partial charge in [0.25, 0.3) is 0 Å². The molecule has 25 heavy (non-hydrogen) atoms. The highest BCUT2D eigenvalue weighted by atomic mass is 16.1. The number of pyridine rings is 1. The van der Waals surface area contributed by atoms with E-state index in [-0.39, 0.29) is 10.8 Å². The molecule has 2 nitrogen and oxygen atoms in total. The Bertz CT molecular complexity index is 693. The number of fused-ring (bicyclic) bond motifs is 3. The van der Waals surface area contributed by atoms with Gasteiger partial charge >= 0.3 is 0 Å². The van der Waals surface area contributed by atoms with Gasteiger partial charge in [0.2, 0.25) is 0 Å². The number of rotatable bonds is 3. The number of allylic oxidation sites excluding steroid dienone is 2. The molecule has 0 spiro atoms. The summed E-state index contributed by atoms with van der Waals surface area (Å²) in [5.74, 6) is 2.54. The van der Waals surface area contributed by atoms with Crippen molar-refractivity contribution < 1.29 is 4.79 Å². The Kier molecular flexibility index (Phi) is 4.13. The van der Waals surface area contributed by atoms with E-state index in [9.17, 15) is 4.79 Å². The lowest BCUT2D eigenvalue weighted by molar-refractivity contribution is -0.143. The summed E-state index contributed by atoms with van der Waals surface area (Å²) in [7, 11) is 0. The molecular formula is C23H31NO. The Labute approximate surface area is 152 Å². The zero-order valence-electron chi connectivity index (χ0n) is 15.9. The van der Waals surface area contributed by atoms with Gasteiger partial charge < -0.3 is 0 Å². The van der Waals surface area contributed by atoms with E-state index in [2.05, 4.69) is 44.0 Å². The van der Waals surface area contributed by atoms with E-state index < -0.39 is 0 Å². The summed E-state index contributed by atoms with van der Waals surface area (Å²) in [5.41, 5.74) is 3.00. The number of Topliss-reactive ketones (excluding diaryl/α,β-unsaturated/α-hetero) is 1. The molecule has 134 valence electrons. The van der Waals surface area contributed by atoms with Crippen molar-refractivity contribution in [3.05, 3.63) is 36.2 Å². The van der Waals surface area contributed by atoms with Crippen LogP contribution in [-0.4, -0.2) is 10.8 Å². The van der Waals surface area contributed by atoms with Crippen LogP contribution in [0.4, 0.5) is 0 Å². The molecule has 0 N–H and O–H groups in total. The van der Waals surface area contributed by atoms with Crippen molar-refractivity contribution >= 4 is 11.4 Å². The molecule has 1 heterocycles. The van der Waals surface area contributed by atoms with Crippen molar-refractivity contribution in [2.45, 2.75) is 65.7 Å². The lowest BCUT2D eigenvalue weighted by Gasteiger charge is -2.55. The first-order valence-corrected chi connectivity index (χ1v) is 10.1. The molecule has 0 bridgehead atoms. The van der Waals surface area contributed by atoms with Crippen LogP contribution in [0.15, 0.2) is 30.6 Å². The minimum Gasteiger partial charge on any atom is -0.299 e. The summed E-state index contributed by atoms with van der Waals surface area (Å²) < 4.78 is 0. The molecule has 1 aromatic rings. The second kappa shape index (κ2) is 6.07. The lowest BCUT2D eigenvalue weighted by atomic mass is 9.48. The lowest BCUT2D eigenvalue weighted by Crippen LogP contribution is -2.51. The third-order valence-electron chi connectivity index (χ3n) is 7.92. The number of carbonyl (C=O) groups is 1. The van der Waals surface area contributed by atoms with Crippen LogP contribution in [0, 0.1) is 28.6 Å². The van der Waals surface area contributed by atoms with Crippen molar-refractivity contribution in [3.8, 4) is 0 Å². The molecule has 1 aromatic heterocycles. The van der Waals surface area contributed by atoms with E-state index in [4.69, 9.17) is 0 Å². The molecule has 0 saturated heterocycles. The Balaban J connectivity index is 1.65. The van der Waals surface area contributed by atoms with E-state index >= 15 is 0 Å². The summed E-state index contributed by atoms with van der Waals surface area (Å²) in [4.78, 5) is 17.1. The van der Waals surface area contributed by atoms with E-state index in [1.165, 1.54) is 30.4 Å². The van der Waals surface area contributed by atoms with Crippen LogP contribution < -0.4 is 0 Å². The molecule has 0 aromatic carbocycles. The first-order valence-electron chi connectivity index (χ1n) is 10.1. The molecular weight excluding hydrogens is 306 g/mol. The molecule has 2 fully saturated rings. The van der Waals surface area contributed by atoms with Crippen LogP contribution in [0.5, 0.6) is 0 Å². The van der Waals surface area contributed by atoms with Gasteiger partial charge in [-0.05, 0) is 72.5 Å². The Hall–Kier alpha value is -1.44. The Morgan fingerprint density at radius 1 is 1.24 bits per heavy atom. The molecule has 0 aliphatic heterocycles. The van der Waals surface area contributed by atoms with Crippen LogP contribution in [0.3, 0.4) is 0 Å². The maximum Gasteiger partial charge on any atom is 0.139 e. The Morgan fingerprint density at radius 3 is 2.80 bits per heavy atom. The van der Waals surface area contributed by atoms with Gasteiger partial charge in [0.05, 0.1) is 0 Å². The van der Waals surface area contributed by atoms with E-state index in [0.717, 1.165) is 25.7 Å². The first kappa shape index (κ1) is 17.0. The predicted molar refractivity (Wildman–Crippen MR) is 102 cm³/mol. The quantitative estimate of drug-likeness (QED) is 0.709. The molecule has 0 amide bonds. The fourth-order valence-electron chi connectivity index (χ4n) is 6.65. The van der Waals surface area contributed by atoms with Gasteiger partial charge in [-0.1, -0.05) is 39.3 Å². The summed E-state index contributed by atoms with van der Waals surface area (Å²) in [6, 6.07) is 4.26. The van der Waals surface area contributed by atoms with Crippen molar-refractivity contribution in [1.82, 2.24) is 4.98 Å². The molecule has 2 heteroatoms. The highest BCUT2D eigenvalue weighted by molar-refractivity contribution is 5.86. The van der Waals surface area contributed by atoms with Gasteiger partial charge in [0.15, 0.2) is 0 Å². The smallest absolute Gasteiger partial charge is 0.139 e. The number of hydrogen-bond acceptors (Lipinski definition) is 2.